The van der Waals surface area contributed by atoms with Crippen LogP contribution in [0.2, 0.25) is 0 Å². The van der Waals surface area contributed by atoms with E-state index in [1.54, 1.807) is 11.3 Å². The van der Waals surface area contributed by atoms with Gasteiger partial charge in [-0.15, -0.1) is 11.3 Å². The first-order valence-electron chi connectivity index (χ1n) is 5.34. The number of benzene rings is 1. The zero-order valence-corrected chi connectivity index (χ0v) is 10.2. The minimum Gasteiger partial charge on any atom is -0.246 e. The summed E-state index contributed by atoms with van der Waals surface area (Å²) in [5.41, 5.74) is 2.17. The van der Waals surface area contributed by atoms with Crippen molar-refractivity contribution >= 4 is 11.3 Å². The molecule has 0 amide bonds. The SMILES string of the molecule is CC(C)c1nc(Cc2ccc(F)cc2)cs1. The zero-order valence-electron chi connectivity index (χ0n) is 9.40. The van der Waals surface area contributed by atoms with Crippen LogP contribution in [0.5, 0.6) is 0 Å². The molecule has 2 aromatic rings. The molecule has 1 nitrogen and oxygen atoms in total. The van der Waals surface area contributed by atoms with Crippen molar-refractivity contribution in [3.63, 3.8) is 0 Å². The Morgan fingerprint density at radius 2 is 1.94 bits per heavy atom. The Morgan fingerprint density at radius 1 is 1.25 bits per heavy atom. The molecular formula is C13H14FNS. The average Bonchev–Trinajstić information content (AvgIpc) is 2.70. The minimum atomic E-state index is -0.190. The van der Waals surface area contributed by atoms with E-state index in [0.717, 1.165) is 22.7 Å². The topological polar surface area (TPSA) is 12.9 Å². The molecular weight excluding hydrogens is 221 g/mol. The van der Waals surface area contributed by atoms with Gasteiger partial charge in [-0.25, -0.2) is 9.37 Å². The van der Waals surface area contributed by atoms with Crippen LogP contribution in [0.3, 0.4) is 0 Å². The normalized spacial score (nSPS) is 11.0. The van der Waals surface area contributed by atoms with Crippen molar-refractivity contribution in [2.24, 2.45) is 0 Å². The van der Waals surface area contributed by atoms with E-state index in [-0.39, 0.29) is 5.82 Å². The molecule has 16 heavy (non-hydrogen) atoms. The maximum Gasteiger partial charge on any atom is 0.123 e. The summed E-state index contributed by atoms with van der Waals surface area (Å²) >= 11 is 1.69. The Bertz CT molecular complexity index is 459. The lowest BCUT2D eigenvalue weighted by Gasteiger charge is -1.99. The number of hydrogen-bond acceptors (Lipinski definition) is 2. The molecule has 84 valence electrons. The third-order valence-electron chi connectivity index (χ3n) is 2.36. The molecule has 0 spiro atoms. The number of thiazole rings is 1. The molecule has 1 aromatic heterocycles. The second kappa shape index (κ2) is 4.74. The molecule has 0 aliphatic carbocycles. The number of aromatic nitrogens is 1. The lowest BCUT2D eigenvalue weighted by molar-refractivity contribution is 0.627. The minimum absolute atomic E-state index is 0.190. The van der Waals surface area contributed by atoms with Crippen LogP contribution in [0.1, 0.15) is 36.0 Å². The second-order valence-electron chi connectivity index (χ2n) is 4.14. The van der Waals surface area contributed by atoms with E-state index in [0.29, 0.717) is 5.92 Å². The molecule has 2 rings (SSSR count). The summed E-state index contributed by atoms with van der Waals surface area (Å²) in [6.07, 6.45) is 0.781. The van der Waals surface area contributed by atoms with E-state index in [9.17, 15) is 4.39 Å². The lowest BCUT2D eigenvalue weighted by Crippen LogP contribution is -1.91. The first-order valence-corrected chi connectivity index (χ1v) is 6.22. The van der Waals surface area contributed by atoms with E-state index in [1.807, 2.05) is 12.1 Å². The molecule has 1 aromatic carbocycles. The molecule has 0 aliphatic heterocycles. The number of rotatable bonds is 3. The van der Waals surface area contributed by atoms with Crippen molar-refractivity contribution in [1.29, 1.82) is 0 Å². The fraction of sp³-hybridized carbons (Fsp3) is 0.308. The smallest absolute Gasteiger partial charge is 0.123 e. The van der Waals surface area contributed by atoms with Crippen LogP contribution in [0, 0.1) is 5.82 Å². The summed E-state index contributed by atoms with van der Waals surface area (Å²) in [7, 11) is 0. The summed E-state index contributed by atoms with van der Waals surface area (Å²) in [6.45, 7) is 4.28. The summed E-state index contributed by atoms with van der Waals surface area (Å²) in [5.74, 6) is 0.289. The van der Waals surface area contributed by atoms with Gasteiger partial charge in [0.25, 0.3) is 0 Å². The Balaban J connectivity index is 2.11. The van der Waals surface area contributed by atoms with E-state index in [2.05, 4.69) is 24.2 Å². The monoisotopic (exact) mass is 235 g/mol. The van der Waals surface area contributed by atoms with Gasteiger partial charge in [0, 0.05) is 17.7 Å². The highest BCUT2D eigenvalue weighted by Gasteiger charge is 2.06. The van der Waals surface area contributed by atoms with Gasteiger partial charge in [0.2, 0.25) is 0 Å². The highest BCUT2D eigenvalue weighted by atomic mass is 32.1. The Morgan fingerprint density at radius 3 is 2.50 bits per heavy atom. The number of hydrogen-bond donors (Lipinski definition) is 0. The van der Waals surface area contributed by atoms with Crippen LogP contribution in [0.25, 0.3) is 0 Å². The van der Waals surface area contributed by atoms with Crippen LogP contribution >= 0.6 is 11.3 Å². The van der Waals surface area contributed by atoms with Gasteiger partial charge in [-0.2, -0.15) is 0 Å². The fourth-order valence-corrected chi connectivity index (χ4v) is 2.32. The van der Waals surface area contributed by atoms with E-state index >= 15 is 0 Å². The van der Waals surface area contributed by atoms with Crippen molar-refractivity contribution in [2.45, 2.75) is 26.2 Å². The predicted molar refractivity (Wildman–Crippen MR) is 65.4 cm³/mol. The zero-order chi connectivity index (χ0) is 11.5. The van der Waals surface area contributed by atoms with Gasteiger partial charge >= 0.3 is 0 Å². The van der Waals surface area contributed by atoms with Crippen LogP contribution < -0.4 is 0 Å². The van der Waals surface area contributed by atoms with Crippen molar-refractivity contribution in [3.05, 3.63) is 51.7 Å². The maximum absolute atomic E-state index is 12.7. The molecule has 0 saturated carbocycles. The van der Waals surface area contributed by atoms with Gasteiger partial charge in [-0.05, 0) is 17.7 Å². The van der Waals surface area contributed by atoms with Gasteiger partial charge in [0.15, 0.2) is 0 Å². The van der Waals surface area contributed by atoms with E-state index in [4.69, 9.17) is 0 Å². The van der Waals surface area contributed by atoms with Crippen LogP contribution in [0.15, 0.2) is 29.6 Å². The molecule has 0 atom stereocenters. The summed E-state index contributed by atoms with van der Waals surface area (Å²) in [5, 5.41) is 3.25. The van der Waals surface area contributed by atoms with Crippen molar-refractivity contribution in [1.82, 2.24) is 4.98 Å². The molecule has 0 radical (unpaired) electrons. The molecule has 0 aliphatic rings. The predicted octanol–water partition coefficient (Wildman–Crippen LogP) is 4.00. The first kappa shape index (κ1) is 11.3. The molecule has 0 unspecified atom stereocenters. The molecule has 1 heterocycles. The summed E-state index contributed by atoms with van der Waals surface area (Å²) < 4.78 is 12.7. The largest absolute Gasteiger partial charge is 0.246 e. The van der Waals surface area contributed by atoms with E-state index in [1.165, 1.54) is 12.1 Å². The van der Waals surface area contributed by atoms with Crippen LogP contribution in [-0.2, 0) is 6.42 Å². The van der Waals surface area contributed by atoms with Crippen molar-refractivity contribution in [3.8, 4) is 0 Å². The van der Waals surface area contributed by atoms with Gasteiger partial charge in [0.05, 0.1) is 10.7 Å². The third-order valence-corrected chi connectivity index (χ3v) is 3.56. The standard InChI is InChI=1S/C13H14FNS/c1-9(2)13-15-12(8-16-13)7-10-3-5-11(14)6-4-10/h3-6,8-9H,7H2,1-2H3. The quantitative estimate of drug-likeness (QED) is 0.783. The summed E-state index contributed by atoms with van der Waals surface area (Å²) in [4.78, 5) is 4.55. The summed E-state index contributed by atoms with van der Waals surface area (Å²) in [6, 6.07) is 6.60. The molecule has 0 saturated heterocycles. The highest BCUT2D eigenvalue weighted by molar-refractivity contribution is 7.09. The Hall–Kier alpha value is -1.22. The van der Waals surface area contributed by atoms with Crippen LogP contribution in [0.4, 0.5) is 4.39 Å². The fourth-order valence-electron chi connectivity index (χ4n) is 1.48. The first-order chi connectivity index (χ1) is 7.65. The number of nitrogens with zero attached hydrogens (tertiary/aromatic N) is 1. The van der Waals surface area contributed by atoms with Gasteiger partial charge < -0.3 is 0 Å². The third kappa shape index (κ3) is 2.67. The van der Waals surface area contributed by atoms with Crippen molar-refractivity contribution in [2.75, 3.05) is 0 Å². The van der Waals surface area contributed by atoms with Crippen molar-refractivity contribution < 1.29 is 4.39 Å². The lowest BCUT2D eigenvalue weighted by atomic mass is 10.1. The molecule has 0 N–H and O–H groups in total. The second-order valence-corrected chi connectivity index (χ2v) is 5.02. The van der Waals surface area contributed by atoms with Gasteiger partial charge in [0.1, 0.15) is 5.82 Å². The highest BCUT2D eigenvalue weighted by Crippen LogP contribution is 2.20. The van der Waals surface area contributed by atoms with Gasteiger partial charge in [-0.3, -0.25) is 0 Å². The Labute approximate surface area is 99.0 Å². The average molecular weight is 235 g/mol. The van der Waals surface area contributed by atoms with E-state index < -0.39 is 0 Å². The van der Waals surface area contributed by atoms with Gasteiger partial charge in [-0.1, -0.05) is 26.0 Å². The molecule has 3 heteroatoms. The molecule has 0 fully saturated rings. The number of halogens is 1. The maximum atomic E-state index is 12.7. The Kier molecular flexibility index (Phi) is 3.34. The van der Waals surface area contributed by atoms with Crippen LogP contribution in [-0.4, -0.2) is 4.98 Å². The molecule has 0 bridgehead atoms.